The molecule has 3 saturated heterocycles. The molecule has 0 radical (unpaired) electrons. The topological polar surface area (TPSA) is 120 Å². The van der Waals surface area contributed by atoms with E-state index in [-0.39, 0.29) is 36.9 Å². The van der Waals surface area contributed by atoms with E-state index in [9.17, 15) is 19.2 Å². The summed E-state index contributed by atoms with van der Waals surface area (Å²) in [5, 5.41) is 3.08. The highest BCUT2D eigenvalue weighted by molar-refractivity contribution is 5.90. The molecule has 6 rings (SSSR count). The van der Waals surface area contributed by atoms with E-state index < -0.39 is 30.2 Å². The van der Waals surface area contributed by atoms with Crippen LogP contribution in [-0.4, -0.2) is 73.2 Å². The molecule has 44 heavy (non-hydrogen) atoms. The number of likely N-dealkylation sites (tertiary alicyclic amines) is 1. The molecule has 0 bridgehead atoms. The molecule has 1 aliphatic carbocycles. The second kappa shape index (κ2) is 13.4. The molecule has 0 spiro atoms. The fourth-order valence-corrected chi connectivity index (χ4v) is 6.21. The molecule has 0 aromatic heterocycles. The normalized spacial score (nSPS) is 24.7. The van der Waals surface area contributed by atoms with Gasteiger partial charge in [-0.25, -0.2) is 4.79 Å². The van der Waals surface area contributed by atoms with E-state index in [4.69, 9.17) is 18.9 Å². The van der Waals surface area contributed by atoms with Crippen molar-refractivity contribution in [3.05, 3.63) is 65.2 Å². The van der Waals surface area contributed by atoms with Crippen molar-refractivity contribution in [2.75, 3.05) is 26.3 Å². The Morgan fingerprint density at radius 1 is 0.977 bits per heavy atom. The monoisotopic (exact) mass is 604 g/mol. The van der Waals surface area contributed by atoms with Crippen LogP contribution in [0.25, 0.3) is 0 Å². The van der Waals surface area contributed by atoms with E-state index in [1.54, 1.807) is 29.2 Å². The fraction of sp³-hybridized carbons (Fsp3) is 0.529. The average Bonchev–Trinajstić information content (AvgIpc) is 3.55. The van der Waals surface area contributed by atoms with Gasteiger partial charge < -0.3 is 29.2 Å². The molecule has 3 aliphatic heterocycles. The molecular formula is C34H40N2O8. The van der Waals surface area contributed by atoms with Crippen molar-refractivity contribution in [1.82, 2.24) is 10.2 Å². The van der Waals surface area contributed by atoms with Crippen LogP contribution in [0.3, 0.4) is 0 Å². The number of benzene rings is 2. The minimum absolute atomic E-state index is 0.0981. The number of hydrogen-bond acceptors (Lipinski definition) is 8. The van der Waals surface area contributed by atoms with Crippen molar-refractivity contribution >= 4 is 23.8 Å². The number of amides is 2. The van der Waals surface area contributed by atoms with Crippen LogP contribution in [0.5, 0.6) is 5.75 Å². The first-order chi connectivity index (χ1) is 21.3. The van der Waals surface area contributed by atoms with E-state index in [2.05, 4.69) is 29.6 Å². The first-order valence-corrected chi connectivity index (χ1v) is 15.8. The lowest BCUT2D eigenvalue weighted by atomic mass is 10.00. The van der Waals surface area contributed by atoms with Crippen LogP contribution >= 0.6 is 0 Å². The Hall–Kier alpha value is -3.92. The van der Waals surface area contributed by atoms with Gasteiger partial charge in [0.05, 0.1) is 30.5 Å². The zero-order valence-electron chi connectivity index (χ0n) is 25.1. The van der Waals surface area contributed by atoms with Gasteiger partial charge in [0.2, 0.25) is 11.8 Å². The number of ether oxygens (including phenoxy) is 4. The van der Waals surface area contributed by atoms with Gasteiger partial charge in [-0.15, -0.1) is 0 Å². The minimum atomic E-state index is -0.473. The predicted molar refractivity (Wildman–Crippen MR) is 159 cm³/mol. The van der Waals surface area contributed by atoms with Crippen molar-refractivity contribution in [2.45, 2.75) is 82.1 Å². The van der Waals surface area contributed by atoms with Crippen molar-refractivity contribution in [3.63, 3.8) is 0 Å². The van der Waals surface area contributed by atoms with Crippen molar-refractivity contribution in [1.29, 1.82) is 0 Å². The van der Waals surface area contributed by atoms with E-state index in [0.29, 0.717) is 56.2 Å². The number of hydrogen-bond donors (Lipinski definition) is 1. The number of carbonyl (C=O) groups is 4. The Balaban J connectivity index is 1.08. The van der Waals surface area contributed by atoms with Crippen molar-refractivity contribution in [3.8, 4) is 5.75 Å². The summed E-state index contributed by atoms with van der Waals surface area (Å²) in [7, 11) is 0. The number of cyclic esters (lactones) is 1. The van der Waals surface area contributed by atoms with Gasteiger partial charge in [-0.2, -0.15) is 0 Å². The summed E-state index contributed by atoms with van der Waals surface area (Å²) < 4.78 is 22.7. The Labute approximate surface area is 257 Å². The average molecular weight is 605 g/mol. The molecule has 2 aromatic carbocycles. The van der Waals surface area contributed by atoms with Crippen LogP contribution in [-0.2, 0) is 28.6 Å². The van der Waals surface area contributed by atoms with Gasteiger partial charge in [-0.1, -0.05) is 24.3 Å². The van der Waals surface area contributed by atoms with E-state index in [0.717, 1.165) is 12.0 Å². The second-order valence-corrected chi connectivity index (χ2v) is 12.3. The Morgan fingerprint density at radius 3 is 2.41 bits per heavy atom. The predicted octanol–water partition coefficient (Wildman–Crippen LogP) is 4.08. The Kier molecular flexibility index (Phi) is 9.16. The quantitative estimate of drug-likeness (QED) is 0.403. The molecule has 10 nitrogen and oxygen atoms in total. The van der Waals surface area contributed by atoms with Gasteiger partial charge >= 0.3 is 11.9 Å². The van der Waals surface area contributed by atoms with E-state index in [1.165, 1.54) is 18.4 Å². The fourth-order valence-electron chi connectivity index (χ4n) is 6.21. The lowest BCUT2D eigenvalue weighted by Crippen LogP contribution is -2.46. The van der Waals surface area contributed by atoms with Crippen LogP contribution in [0.2, 0.25) is 0 Å². The maximum Gasteiger partial charge on any atom is 0.338 e. The number of rotatable bonds is 10. The highest BCUT2D eigenvalue weighted by Crippen LogP contribution is 2.40. The molecule has 234 valence electrons. The molecule has 2 amide bonds. The van der Waals surface area contributed by atoms with Gasteiger partial charge in [0.15, 0.2) is 0 Å². The summed E-state index contributed by atoms with van der Waals surface area (Å²) in [6.07, 6.45) is 4.17. The largest absolute Gasteiger partial charge is 0.484 e. The van der Waals surface area contributed by atoms with Gasteiger partial charge in [0.1, 0.15) is 30.7 Å². The summed E-state index contributed by atoms with van der Waals surface area (Å²) in [5.74, 6) is -0.362. The van der Waals surface area contributed by atoms with Crippen LogP contribution in [0.1, 0.15) is 85.4 Å². The summed E-state index contributed by atoms with van der Waals surface area (Å²) in [5.41, 5.74) is 2.64. The Morgan fingerprint density at radius 2 is 1.75 bits per heavy atom. The SMILES string of the molecule is CC(NC(=O)[C@H]1CCCO1)C(Oc1ccc(C(=O)O[C@H]2CCCN(C(=O)[C@H]3COC(=O)C3)C2)cc1)c1ccc(C2CC2)cc1. The molecule has 5 atom stereocenters. The number of esters is 2. The number of nitrogens with zero attached hydrogens (tertiary/aromatic N) is 1. The first-order valence-electron chi connectivity index (χ1n) is 15.8. The number of nitrogens with one attached hydrogen (secondary N) is 1. The highest BCUT2D eigenvalue weighted by atomic mass is 16.5. The summed E-state index contributed by atoms with van der Waals surface area (Å²) in [6.45, 7) is 3.50. The van der Waals surface area contributed by atoms with Gasteiger partial charge in [-0.3, -0.25) is 14.4 Å². The zero-order valence-corrected chi connectivity index (χ0v) is 25.1. The smallest absolute Gasteiger partial charge is 0.338 e. The molecular weight excluding hydrogens is 564 g/mol. The zero-order chi connectivity index (χ0) is 30.6. The van der Waals surface area contributed by atoms with E-state index in [1.807, 2.05) is 6.92 Å². The number of carbonyl (C=O) groups excluding carboxylic acids is 4. The molecule has 3 heterocycles. The van der Waals surface area contributed by atoms with Crippen molar-refractivity contribution < 1.29 is 38.1 Å². The van der Waals surface area contributed by atoms with Crippen LogP contribution < -0.4 is 10.1 Å². The lowest BCUT2D eigenvalue weighted by molar-refractivity contribution is -0.139. The molecule has 1 N–H and O–H groups in total. The maximum atomic E-state index is 13.0. The third kappa shape index (κ3) is 7.23. The Bertz CT molecular complexity index is 1350. The van der Waals surface area contributed by atoms with Crippen LogP contribution in [0.15, 0.2) is 48.5 Å². The van der Waals surface area contributed by atoms with Gasteiger partial charge in [0, 0.05) is 13.2 Å². The van der Waals surface area contributed by atoms with Gasteiger partial charge in [-0.05, 0) is 86.8 Å². The van der Waals surface area contributed by atoms with E-state index >= 15 is 0 Å². The maximum absolute atomic E-state index is 13.0. The minimum Gasteiger partial charge on any atom is -0.484 e. The summed E-state index contributed by atoms with van der Waals surface area (Å²) in [6, 6.07) is 14.8. The first kappa shape index (κ1) is 30.1. The summed E-state index contributed by atoms with van der Waals surface area (Å²) >= 11 is 0. The standard InChI is InChI=1S/C34H40N2O8/c1-21(35-32(38)29-5-3-17-41-29)31(24-10-8-23(9-11-24)22-6-7-22)43-27-14-12-25(13-15-27)34(40)44-28-4-2-16-36(19-28)33(39)26-18-30(37)42-20-26/h8-15,21-22,26,28-29,31H,2-7,16-20H2,1H3,(H,35,38)/t21?,26-,28+,29-,31?/m1/s1. The molecule has 1 saturated carbocycles. The van der Waals surface area contributed by atoms with Crippen molar-refractivity contribution in [2.24, 2.45) is 5.92 Å². The second-order valence-electron chi connectivity index (χ2n) is 12.3. The summed E-state index contributed by atoms with van der Waals surface area (Å²) in [4.78, 5) is 51.7. The van der Waals surface area contributed by atoms with Crippen LogP contribution in [0.4, 0.5) is 0 Å². The molecule has 4 fully saturated rings. The third-order valence-corrected chi connectivity index (χ3v) is 8.88. The van der Waals surface area contributed by atoms with Gasteiger partial charge in [0.25, 0.3) is 0 Å². The highest BCUT2D eigenvalue weighted by Gasteiger charge is 2.36. The molecule has 2 aromatic rings. The third-order valence-electron chi connectivity index (χ3n) is 8.88. The molecule has 2 unspecified atom stereocenters. The lowest BCUT2D eigenvalue weighted by Gasteiger charge is -2.33. The number of piperidine rings is 1. The van der Waals surface area contributed by atoms with Crippen LogP contribution in [0, 0.1) is 5.92 Å². The molecule has 4 aliphatic rings. The molecule has 10 heteroatoms.